The summed E-state index contributed by atoms with van der Waals surface area (Å²) in [5.41, 5.74) is 0. The van der Waals surface area contributed by atoms with Crippen molar-refractivity contribution in [3.05, 3.63) is 0 Å². The first-order valence-electron chi connectivity index (χ1n) is 3.48. The largest absolute Gasteiger partial charge is 0.467 e. The number of carbonyl (C=O) groups excluding carboxylic acids is 2. The average Bonchev–Trinajstić information content (AvgIpc) is 2.03. The van der Waals surface area contributed by atoms with Gasteiger partial charge in [-0.25, -0.2) is 4.79 Å². The predicted octanol–water partition coefficient (Wildman–Crippen LogP) is 0.0271. The lowest BCUT2D eigenvalue weighted by atomic mass is 10.3. The molecule has 4 nitrogen and oxygen atoms in total. The minimum Gasteiger partial charge on any atom is -0.467 e. The second-order valence-corrected chi connectivity index (χ2v) is 3.11. The van der Waals surface area contributed by atoms with Crippen molar-refractivity contribution in [1.29, 1.82) is 0 Å². The lowest BCUT2D eigenvalue weighted by molar-refractivity contribution is -0.144. The van der Waals surface area contributed by atoms with E-state index in [1.807, 2.05) is 6.26 Å². The Hall–Kier alpha value is -0.710. The van der Waals surface area contributed by atoms with Gasteiger partial charge in [0, 0.05) is 0 Å². The zero-order chi connectivity index (χ0) is 9.56. The van der Waals surface area contributed by atoms with Crippen LogP contribution in [0.4, 0.5) is 0 Å². The highest BCUT2D eigenvalue weighted by Crippen LogP contribution is 1.92. The van der Waals surface area contributed by atoms with Crippen LogP contribution in [0.5, 0.6) is 0 Å². The molecular weight excluding hydrogens is 178 g/mol. The Morgan fingerprint density at radius 1 is 1.58 bits per heavy atom. The molecule has 0 aromatic rings. The first kappa shape index (κ1) is 11.3. The molecule has 5 heteroatoms. The zero-order valence-electron chi connectivity index (χ0n) is 7.42. The molecule has 0 fully saturated rings. The van der Waals surface area contributed by atoms with Crippen molar-refractivity contribution < 1.29 is 14.3 Å². The fraction of sp³-hybridized carbons (Fsp3) is 0.714. The molecule has 1 amide bonds. The van der Waals surface area contributed by atoms with Gasteiger partial charge in [0.05, 0.1) is 12.9 Å². The van der Waals surface area contributed by atoms with Crippen molar-refractivity contribution in [3.8, 4) is 0 Å². The monoisotopic (exact) mass is 191 g/mol. The predicted molar refractivity (Wildman–Crippen MR) is 48.0 cm³/mol. The van der Waals surface area contributed by atoms with Gasteiger partial charge in [0.25, 0.3) is 0 Å². The molecule has 1 atom stereocenters. The standard InChI is InChI=1S/C7H13NO3S/c1-5(7(10)11-2)8-6(9)4-12-3/h5H,4H2,1-3H3,(H,8,9). The molecule has 70 valence electrons. The maximum Gasteiger partial charge on any atom is 0.328 e. The van der Waals surface area contributed by atoms with Crippen molar-refractivity contribution in [1.82, 2.24) is 5.32 Å². The van der Waals surface area contributed by atoms with Crippen LogP contribution in [0.1, 0.15) is 6.92 Å². The van der Waals surface area contributed by atoms with Crippen molar-refractivity contribution in [2.75, 3.05) is 19.1 Å². The number of amides is 1. The average molecular weight is 191 g/mol. The first-order valence-corrected chi connectivity index (χ1v) is 4.87. The van der Waals surface area contributed by atoms with Gasteiger partial charge in [-0.3, -0.25) is 4.79 Å². The summed E-state index contributed by atoms with van der Waals surface area (Å²) in [6.07, 6.45) is 1.82. The molecule has 0 saturated heterocycles. The number of methoxy groups -OCH3 is 1. The molecule has 0 aromatic carbocycles. The molecule has 1 N–H and O–H groups in total. The number of hydrogen-bond donors (Lipinski definition) is 1. The van der Waals surface area contributed by atoms with Gasteiger partial charge in [-0.05, 0) is 13.2 Å². The van der Waals surface area contributed by atoms with Gasteiger partial charge in [0.1, 0.15) is 6.04 Å². The first-order chi connectivity index (χ1) is 5.61. The molecule has 0 aliphatic carbocycles. The molecule has 0 rings (SSSR count). The van der Waals surface area contributed by atoms with E-state index in [2.05, 4.69) is 10.1 Å². The fourth-order valence-electron chi connectivity index (χ4n) is 0.650. The van der Waals surface area contributed by atoms with E-state index in [9.17, 15) is 9.59 Å². The van der Waals surface area contributed by atoms with Crippen LogP contribution in [0.2, 0.25) is 0 Å². The minimum atomic E-state index is -0.561. The van der Waals surface area contributed by atoms with Crippen molar-refractivity contribution in [3.63, 3.8) is 0 Å². The second kappa shape index (κ2) is 5.88. The molecule has 0 spiro atoms. The SMILES string of the molecule is COC(=O)C(C)NC(=O)CSC. The van der Waals surface area contributed by atoms with Gasteiger partial charge in [0.15, 0.2) is 0 Å². The van der Waals surface area contributed by atoms with Crippen LogP contribution >= 0.6 is 11.8 Å². The van der Waals surface area contributed by atoms with Crippen LogP contribution < -0.4 is 5.32 Å². The van der Waals surface area contributed by atoms with Gasteiger partial charge in [-0.15, -0.1) is 0 Å². The van der Waals surface area contributed by atoms with Crippen molar-refractivity contribution in [2.45, 2.75) is 13.0 Å². The molecular formula is C7H13NO3S. The Morgan fingerprint density at radius 2 is 2.17 bits per heavy atom. The number of esters is 1. The number of ether oxygens (including phenoxy) is 1. The smallest absolute Gasteiger partial charge is 0.328 e. The maximum absolute atomic E-state index is 10.9. The summed E-state index contributed by atoms with van der Waals surface area (Å²) in [7, 11) is 1.29. The summed E-state index contributed by atoms with van der Waals surface area (Å²) in [5, 5.41) is 2.50. The van der Waals surface area contributed by atoms with E-state index >= 15 is 0 Å². The maximum atomic E-state index is 10.9. The topological polar surface area (TPSA) is 55.4 Å². The van der Waals surface area contributed by atoms with Gasteiger partial charge in [-0.1, -0.05) is 0 Å². The van der Waals surface area contributed by atoms with Crippen LogP contribution in [0, 0.1) is 0 Å². The third-order valence-electron chi connectivity index (χ3n) is 1.21. The molecule has 0 heterocycles. The van der Waals surface area contributed by atoms with E-state index in [0.717, 1.165) is 0 Å². The number of rotatable bonds is 4. The molecule has 1 unspecified atom stereocenters. The Balaban J connectivity index is 3.75. The van der Waals surface area contributed by atoms with E-state index in [1.54, 1.807) is 6.92 Å². The number of hydrogen-bond acceptors (Lipinski definition) is 4. The summed E-state index contributed by atoms with van der Waals surface area (Å²) >= 11 is 1.41. The molecule has 12 heavy (non-hydrogen) atoms. The van der Waals surface area contributed by atoms with E-state index in [4.69, 9.17) is 0 Å². The van der Waals surface area contributed by atoms with Crippen LogP contribution in [0.3, 0.4) is 0 Å². The number of nitrogens with one attached hydrogen (secondary N) is 1. The summed E-state index contributed by atoms with van der Waals surface area (Å²) < 4.78 is 4.43. The minimum absolute atomic E-state index is 0.152. The lowest BCUT2D eigenvalue weighted by Crippen LogP contribution is -2.40. The van der Waals surface area contributed by atoms with Crippen molar-refractivity contribution in [2.24, 2.45) is 0 Å². The normalized spacial score (nSPS) is 11.9. The number of carbonyl (C=O) groups is 2. The quantitative estimate of drug-likeness (QED) is 0.637. The number of thioether (sulfide) groups is 1. The highest BCUT2D eigenvalue weighted by Gasteiger charge is 2.14. The Labute approximate surface area is 76.0 Å². The highest BCUT2D eigenvalue weighted by atomic mass is 32.2. The summed E-state index contributed by atoms with van der Waals surface area (Å²) in [6, 6.07) is -0.561. The van der Waals surface area contributed by atoms with Gasteiger partial charge in [-0.2, -0.15) is 11.8 Å². The summed E-state index contributed by atoms with van der Waals surface area (Å²) in [5.74, 6) is -0.216. The van der Waals surface area contributed by atoms with E-state index in [-0.39, 0.29) is 5.91 Å². The van der Waals surface area contributed by atoms with Gasteiger partial charge < -0.3 is 10.1 Å². The second-order valence-electron chi connectivity index (χ2n) is 2.25. The van der Waals surface area contributed by atoms with Crippen LogP contribution in [-0.2, 0) is 14.3 Å². The third-order valence-corrected chi connectivity index (χ3v) is 1.76. The van der Waals surface area contributed by atoms with Crippen molar-refractivity contribution >= 4 is 23.6 Å². The van der Waals surface area contributed by atoms with E-state index in [0.29, 0.717) is 5.75 Å². The van der Waals surface area contributed by atoms with Crippen LogP contribution in [-0.4, -0.2) is 37.0 Å². The molecule has 0 saturated carbocycles. The zero-order valence-corrected chi connectivity index (χ0v) is 8.23. The van der Waals surface area contributed by atoms with E-state index < -0.39 is 12.0 Å². The third kappa shape index (κ3) is 4.23. The fourth-order valence-corrected chi connectivity index (χ4v) is 0.995. The molecule has 0 radical (unpaired) electrons. The molecule has 0 aliphatic rings. The van der Waals surface area contributed by atoms with E-state index in [1.165, 1.54) is 18.9 Å². The summed E-state index contributed by atoms with van der Waals surface area (Å²) in [6.45, 7) is 1.59. The Morgan fingerprint density at radius 3 is 2.58 bits per heavy atom. The Kier molecular flexibility index (Phi) is 5.53. The molecule has 0 bridgehead atoms. The Bertz CT molecular complexity index is 172. The molecule has 0 aromatic heterocycles. The summed E-state index contributed by atoms with van der Waals surface area (Å²) in [4.78, 5) is 21.7. The molecule has 0 aliphatic heterocycles. The van der Waals surface area contributed by atoms with Gasteiger partial charge >= 0.3 is 5.97 Å². The lowest BCUT2D eigenvalue weighted by Gasteiger charge is -2.10. The highest BCUT2D eigenvalue weighted by molar-refractivity contribution is 7.99. The van der Waals surface area contributed by atoms with Crippen LogP contribution in [0.25, 0.3) is 0 Å². The van der Waals surface area contributed by atoms with Gasteiger partial charge in [0.2, 0.25) is 5.91 Å². The van der Waals surface area contributed by atoms with Crippen LogP contribution in [0.15, 0.2) is 0 Å².